The molecule has 0 fully saturated rings. The number of likely N-dealkylation sites (N-methyl/N-ethyl adjacent to an activating group) is 1. The second kappa shape index (κ2) is 13.1. The van der Waals surface area contributed by atoms with Crippen molar-refractivity contribution in [1.29, 1.82) is 0 Å². The Hall–Kier alpha value is -2.74. The maximum Gasteiger partial charge on any atom is 0.362 e. The summed E-state index contributed by atoms with van der Waals surface area (Å²) in [5, 5.41) is 0.347. The van der Waals surface area contributed by atoms with E-state index in [2.05, 4.69) is 0 Å². The van der Waals surface area contributed by atoms with Crippen LogP contribution in [0.2, 0.25) is 0 Å². The molecule has 0 spiro atoms. The molecule has 0 unspecified atom stereocenters. The summed E-state index contributed by atoms with van der Waals surface area (Å²) in [5.41, 5.74) is 2.36. The van der Waals surface area contributed by atoms with Gasteiger partial charge < -0.3 is 33.0 Å². The van der Waals surface area contributed by atoms with Crippen LogP contribution in [0, 0.1) is 0 Å². The van der Waals surface area contributed by atoms with Crippen LogP contribution in [0.25, 0.3) is 10.9 Å². The predicted molar refractivity (Wildman–Crippen MR) is 152 cm³/mol. The lowest BCUT2D eigenvalue weighted by Gasteiger charge is -2.20. The highest BCUT2D eigenvalue weighted by Gasteiger charge is 2.28. The van der Waals surface area contributed by atoms with E-state index in [9.17, 15) is 18.9 Å². The van der Waals surface area contributed by atoms with E-state index >= 15 is 0 Å². The Labute approximate surface area is 237 Å². The number of nitrogens with zero attached hydrogens (tertiary/aromatic N) is 2. The molecule has 1 aromatic heterocycles. The van der Waals surface area contributed by atoms with Gasteiger partial charge in [-0.15, -0.1) is 0 Å². The number of benzene rings is 3. The minimum absolute atomic E-state index is 0.0122. The molecular formula is C28H34N2O7P2. The lowest BCUT2D eigenvalue weighted by atomic mass is 10.1. The van der Waals surface area contributed by atoms with Crippen LogP contribution >= 0.6 is 15.2 Å². The topological polar surface area (TPSA) is 110 Å². The zero-order chi connectivity index (χ0) is 32.9. The maximum absolute atomic E-state index is 14.3. The average molecular weight is 579 g/mol. The maximum atomic E-state index is 14.3. The zero-order valence-electron chi connectivity index (χ0n) is 27.1. The van der Waals surface area contributed by atoms with Gasteiger partial charge in [-0.05, 0) is 49.2 Å². The van der Waals surface area contributed by atoms with Crippen LogP contribution in [-0.2, 0) is 44.1 Å². The van der Waals surface area contributed by atoms with Gasteiger partial charge in [-0.1, -0.05) is 66.7 Å². The summed E-state index contributed by atoms with van der Waals surface area (Å²) in [6.45, 7) is -6.28. The zero-order valence-corrected chi connectivity index (χ0v) is 22.8. The Balaban J connectivity index is 1.73. The summed E-state index contributed by atoms with van der Waals surface area (Å²) in [4.78, 5) is 19.3. The normalized spacial score (nSPS) is 15.3. The van der Waals surface area contributed by atoms with Crippen molar-refractivity contribution in [3.63, 3.8) is 0 Å². The number of fused-ring (bicyclic) bond motifs is 1. The van der Waals surface area contributed by atoms with Crippen LogP contribution in [0.5, 0.6) is 5.75 Å². The van der Waals surface area contributed by atoms with Gasteiger partial charge in [0.25, 0.3) is 0 Å². The van der Waals surface area contributed by atoms with E-state index in [0.29, 0.717) is 21.4 Å². The molecule has 208 valence electrons. The standard InChI is InChI=1S/C28H34N2O7P2/c1-29(2)17-16-25-18-30(26-14-9-15-27(28(25)26)35-22-38(31,32)33)21-39(34,36-19-23-10-5-3-6-11-23)37-20-24-12-7-4-8-13-24/h3-15,18H,16-17,19-22H2,1-2H3,(H2,31,32,33)/i1D3,2D3. The van der Waals surface area contributed by atoms with Crippen LogP contribution < -0.4 is 4.74 Å². The van der Waals surface area contributed by atoms with Crippen LogP contribution in [0.4, 0.5) is 0 Å². The fraction of sp³-hybridized carbons (Fsp3) is 0.286. The second-order valence-corrected chi connectivity index (χ2v) is 12.5. The van der Waals surface area contributed by atoms with E-state index in [1.54, 1.807) is 22.9 Å². The Morgan fingerprint density at radius 2 is 1.49 bits per heavy atom. The number of rotatable bonds is 14. The molecule has 0 saturated carbocycles. The molecule has 0 radical (unpaired) electrons. The van der Waals surface area contributed by atoms with Crippen molar-refractivity contribution in [2.24, 2.45) is 0 Å². The molecule has 2 N–H and O–H groups in total. The van der Waals surface area contributed by atoms with Gasteiger partial charge in [-0.25, -0.2) is 0 Å². The largest absolute Gasteiger partial charge is 0.480 e. The second-order valence-electron chi connectivity index (χ2n) is 8.88. The highest BCUT2D eigenvalue weighted by Crippen LogP contribution is 2.52. The Morgan fingerprint density at radius 3 is 2.05 bits per heavy atom. The van der Waals surface area contributed by atoms with Crippen LogP contribution in [0.1, 0.15) is 24.9 Å². The van der Waals surface area contributed by atoms with Crippen molar-refractivity contribution in [3.05, 3.63) is 102 Å². The summed E-state index contributed by atoms with van der Waals surface area (Å²) in [6, 6.07) is 23.0. The molecule has 0 bridgehead atoms. The smallest absolute Gasteiger partial charge is 0.362 e. The van der Waals surface area contributed by atoms with Crippen molar-refractivity contribution in [2.45, 2.75) is 25.9 Å². The molecule has 0 amide bonds. The van der Waals surface area contributed by atoms with Gasteiger partial charge in [0.2, 0.25) is 0 Å². The lowest BCUT2D eigenvalue weighted by molar-refractivity contribution is 0.186. The summed E-state index contributed by atoms with van der Waals surface area (Å²) >= 11 is 0. The Kier molecular flexibility index (Phi) is 7.38. The van der Waals surface area contributed by atoms with Crippen LogP contribution in [-0.4, -0.2) is 46.1 Å². The van der Waals surface area contributed by atoms with Crippen molar-refractivity contribution in [3.8, 4) is 5.75 Å². The van der Waals surface area contributed by atoms with Gasteiger partial charge in [0.05, 0.1) is 18.7 Å². The molecule has 1 heterocycles. The third-order valence-corrected chi connectivity index (χ3v) is 7.97. The van der Waals surface area contributed by atoms with Gasteiger partial charge in [0.15, 0.2) is 6.35 Å². The third-order valence-electron chi connectivity index (χ3n) is 5.81. The molecule has 0 saturated heterocycles. The van der Waals surface area contributed by atoms with Gasteiger partial charge >= 0.3 is 15.2 Å². The monoisotopic (exact) mass is 578 g/mol. The third kappa shape index (κ3) is 8.62. The Morgan fingerprint density at radius 1 is 0.872 bits per heavy atom. The number of hydrogen-bond donors (Lipinski definition) is 2. The summed E-state index contributed by atoms with van der Waals surface area (Å²) in [5.74, 6) is 0.0733. The molecule has 0 aliphatic carbocycles. The van der Waals surface area contributed by atoms with Crippen molar-refractivity contribution >= 4 is 26.1 Å². The fourth-order valence-corrected chi connectivity index (χ4v) is 5.86. The number of hydrogen-bond acceptors (Lipinski definition) is 6. The van der Waals surface area contributed by atoms with E-state index in [-0.39, 0.29) is 31.7 Å². The minimum Gasteiger partial charge on any atom is -0.480 e. The predicted octanol–water partition coefficient (Wildman–Crippen LogP) is 5.84. The quantitative estimate of drug-likeness (QED) is 0.180. The molecule has 3 aromatic carbocycles. The van der Waals surface area contributed by atoms with Crippen LogP contribution in [0.15, 0.2) is 85.1 Å². The minimum atomic E-state index is -4.57. The number of ether oxygens (including phenoxy) is 1. The van der Waals surface area contributed by atoms with Crippen molar-refractivity contribution in [1.82, 2.24) is 9.47 Å². The lowest BCUT2D eigenvalue weighted by Crippen LogP contribution is -2.15. The SMILES string of the molecule is [2H]C([2H])([2H])N(CCc1cn(CP(=O)(OCc2ccccc2)OCc2ccccc2)c2cccc(OCP(=O)(O)O)c12)C([2H])([2H])[2H]. The highest BCUT2D eigenvalue weighted by atomic mass is 31.2. The molecular weight excluding hydrogens is 538 g/mol. The van der Waals surface area contributed by atoms with E-state index in [4.69, 9.17) is 22.0 Å². The van der Waals surface area contributed by atoms with E-state index in [0.717, 1.165) is 11.1 Å². The summed E-state index contributed by atoms with van der Waals surface area (Å²) in [6.07, 6.45) is 0.257. The fourth-order valence-electron chi connectivity index (χ4n) is 4.02. The van der Waals surface area contributed by atoms with Crippen molar-refractivity contribution in [2.75, 3.05) is 26.8 Å². The first-order valence-electron chi connectivity index (χ1n) is 15.1. The van der Waals surface area contributed by atoms with Gasteiger partial charge in [0, 0.05) is 26.4 Å². The first-order valence-corrected chi connectivity index (χ1v) is 15.6. The van der Waals surface area contributed by atoms with Crippen molar-refractivity contribution < 1.29 is 40.9 Å². The molecule has 4 aromatic rings. The highest BCUT2D eigenvalue weighted by molar-refractivity contribution is 7.52. The molecule has 0 aliphatic rings. The first-order chi connectivity index (χ1) is 21.0. The van der Waals surface area contributed by atoms with E-state index in [1.165, 1.54) is 6.07 Å². The van der Waals surface area contributed by atoms with E-state index < -0.39 is 42.0 Å². The van der Waals surface area contributed by atoms with Gasteiger partial charge in [-0.2, -0.15) is 0 Å². The van der Waals surface area contributed by atoms with E-state index in [1.807, 2.05) is 60.7 Å². The molecule has 0 aliphatic heterocycles. The molecule has 0 atom stereocenters. The average Bonchev–Trinajstić information content (AvgIpc) is 3.30. The molecule has 11 heteroatoms. The Bertz CT molecular complexity index is 1600. The first kappa shape index (κ1) is 22.0. The molecule has 39 heavy (non-hydrogen) atoms. The van der Waals surface area contributed by atoms with Gasteiger partial charge in [0.1, 0.15) is 12.0 Å². The number of aromatic nitrogens is 1. The van der Waals surface area contributed by atoms with Gasteiger partial charge in [-0.3, -0.25) is 9.13 Å². The molecule has 4 rings (SSSR count). The molecule has 9 nitrogen and oxygen atoms in total. The summed E-state index contributed by atoms with van der Waals surface area (Å²) in [7, 11) is -8.48. The van der Waals surface area contributed by atoms with Crippen LogP contribution in [0.3, 0.4) is 0 Å². The summed E-state index contributed by atoms with van der Waals surface area (Å²) < 4.78 is 91.1.